The standard InChI is InChI=1S/C33H54O3/c1-22(11-10-16-28(3,4)35-9)24-14-17-31(8)26-13-12-25-29(5,6)27(36-23(2)34)15-18-32(25)21-33(26,32)20-19-30(24,31)7/h10,16,22,24-27H,11-15,17-21H2,1-9H3/t22-,24-,25+,26+,27+,30-,31+,32-,33+/m1/s1. The Labute approximate surface area is 221 Å². The van der Waals surface area contributed by atoms with Gasteiger partial charge in [0.25, 0.3) is 0 Å². The zero-order valence-corrected chi connectivity index (χ0v) is 24.8. The number of methoxy groups -OCH3 is 1. The lowest BCUT2D eigenvalue weighted by Gasteiger charge is -2.63. The van der Waals surface area contributed by atoms with Crippen LogP contribution in [-0.4, -0.2) is 24.8 Å². The van der Waals surface area contributed by atoms with Gasteiger partial charge in [0.1, 0.15) is 6.10 Å². The Hall–Kier alpha value is -0.830. The Morgan fingerprint density at radius 1 is 0.944 bits per heavy atom. The highest BCUT2D eigenvalue weighted by Crippen LogP contribution is 2.89. The van der Waals surface area contributed by atoms with Crippen LogP contribution in [0.15, 0.2) is 12.2 Å². The van der Waals surface area contributed by atoms with Gasteiger partial charge in [0.05, 0.1) is 5.60 Å². The number of carbonyl (C=O) groups excluding carboxylic acids is 1. The minimum absolute atomic E-state index is 0.0923. The maximum atomic E-state index is 11.9. The van der Waals surface area contributed by atoms with E-state index in [1.54, 1.807) is 14.0 Å². The lowest BCUT2D eigenvalue weighted by atomic mass is 9.41. The summed E-state index contributed by atoms with van der Waals surface area (Å²) >= 11 is 0. The molecule has 9 atom stereocenters. The first-order valence-electron chi connectivity index (χ1n) is 15.1. The minimum Gasteiger partial charge on any atom is -0.462 e. The van der Waals surface area contributed by atoms with Gasteiger partial charge in [-0.15, -0.1) is 0 Å². The van der Waals surface area contributed by atoms with Crippen LogP contribution in [0.3, 0.4) is 0 Å². The normalized spacial score (nSPS) is 47.9. The number of allylic oxidation sites excluding steroid dienone is 1. The maximum absolute atomic E-state index is 11.9. The van der Waals surface area contributed by atoms with Crippen LogP contribution in [-0.2, 0) is 14.3 Å². The van der Waals surface area contributed by atoms with Crippen LogP contribution in [0.4, 0.5) is 0 Å². The molecule has 5 fully saturated rings. The molecule has 0 saturated heterocycles. The van der Waals surface area contributed by atoms with Gasteiger partial charge < -0.3 is 9.47 Å². The Balaban J connectivity index is 1.36. The van der Waals surface area contributed by atoms with Crippen molar-refractivity contribution in [3.05, 3.63) is 12.2 Å². The topological polar surface area (TPSA) is 35.5 Å². The molecular formula is C33H54O3. The summed E-state index contributed by atoms with van der Waals surface area (Å²) in [5.41, 5.74) is 1.90. The molecule has 0 bridgehead atoms. The van der Waals surface area contributed by atoms with Gasteiger partial charge in [0.15, 0.2) is 0 Å². The molecule has 2 spiro atoms. The van der Waals surface area contributed by atoms with Crippen molar-refractivity contribution in [2.75, 3.05) is 7.11 Å². The molecular weight excluding hydrogens is 444 g/mol. The molecule has 0 aliphatic heterocycles. The number of ether oxygens (including phenoxy) is 2. The quantitative estimate of drug-likeness (QED) is 0.272. The summed E-state index contributed by atoms with van der Waals surface area (Å²) in [4.78, 5) is 11.9. The average molecular weight is 499 g/mol. The van der Waals surface area contributed by atoms with Gasteiger partial charge in [-0.05, 0) is 123 Å². The van der Waals surface area contributed by atoms with E-state index in [4.69, 9.17) is 9.47 Å². The third kappa shape index (κ3) is 3.49. The minimum atomic E-state index is -0.174. The highest BCUT2D eigenvalue weighted by Gasteiger charge is 2.82. The number of carbonyl (C=O) groups is 1. The van der Waals surface area contributed by atoms with Crippen molar-refractivity contribution in [1.29, 1.82) is 0 Å². The van der Waals surface area contributed by atoms with Crippen molar-refractivity contribution < 1.29 is 14.3 Å². The Morgan fingerprint density at radius 3 is 2.28 bits per heavy atom. The van der Waals surface area contributed by atoms with E-state index in [0.717, 1.165) is 30.6 Å². The third-order valence-electron chi connectivity index (χ3n) is 13.7. The molecule has 0 aromatic rings. The van der Waals surface area contributed by atoms with Gasteiger partial charge in [-0.2, -0.15) is 0 Å². The van der Waals surface area contributed by atoms with Crippen LogP contribution in [0.25, 0.3) is 0 Å². The first kappa shape index (κ1) is 26.8. The monoisotopic (exact) mass is 498 g/mol. The molecule has 36 heavy (non-hydrogen) atoms. The van der Waals surface area contributed by atoms with Gasteiger partial charge in [0.2, 0.25) is 0 Å². The van der Waals surface area contributed by atoms with E-state index in [1.165, 1.54) is 51.4 Å². The molecule has 5 saturated carbocycles. The highest BCUT2D eigenvalue weighted by molar-refractivity contribution is 5.66. The molecule has 5 rings (SSSR count). The van der Waals surface area contributed by atoms with Gasteiger partial charge in [0, 0.05) is 19.4 Å². The van der Waals surface area contributed by atoms with Crippen molar-refractivity contribution in [3.63, 3.8) is 0 Å². The molecule has 3 nitrogen and oxygen atoms in total. The summed E-state index contributed by atoms with van der Waals surface area (Å²) in [6.07, 6.45) is 18.1. The average Bonchev–Trinajstić information content (AvgIpc) is 3.37. The van der Waals surface area contributed by atoms with Crippen molar-refractivity contribution in [2.24, 2.45) is 50.7 Å². The molecule has 0 N–H and O–H groups in total. The number of rotatable bonds is 6. The van der Waals surface area contributed by atoms with Crippen LogP contribution in [0.2, 0.25) is 0 Å². The molecule has 5 aliphatic rings. The van der Waals surface area contributed by atoms with Gasteiger partial charge in [-0.1, -0.05) is 46.8 Å². The van der Waals surface area contributed by atoms with E-state index in [0.29, 0.717) is 27.6 Å². The molecule has 0 heterocycles. The summed E-state index contributed by atoms with van der Waals surface area (Å²) in [5.74, 6) is 3.02. The molecule has 3 heteroatoms. The van der Waals surface area contributed by atoms with Crippen LogP contribution in [0.5, 0.6) is 0 Å². The predicted octanol–water partition coefficient (Wildman–Crippen LogP) is 8.36. The molecule has 0 amide bonds. The van der Waals surface area contributed by atoms with Gasteiger partial charge in [-0.25, -0.2) is 0 Å². The summed E-state index contributed by atoms with van der Waals surface area (Å²) in [5, 5.41) is 0. The maximum Gasteiger partial charge on any atom is 0.302 e. The van der Waals surface area contributed by atoms with E-state index in [9.17, 15) is 4.79 Å². The SMILES string of the molecule is COC(C)(C)C=CC[C@@H](C)[C@H]1CC[C@@]2(C)[C@@H]3CC[C@H]4C(C)(C)[C@@H](OC(C)=O)CC[C@@]45C[C@@]35CC[C@]12C. The zero-order chi connectivity index (χ0) is 26.4. The first-order chi connectivity index (χ1) is 16.7. The highest BCUT2D eigenvalue weighted by atomic mass is 16.5. The van der Waals surface area contributed by atoms with Crippen molar-refractivity contribution in [1.82, 2.24) is 0 Å². The van der Waals surface area contributed by atoms with Crippen LogP contribution in [0.1, 0.15) is 120 Å². The van der Waals surface area contributed by atoms with Gasteiger partial charge in [-0.3, -0.25) is 4.79 Å². The number of esters is 1. The van der Waals surface area contributed by atoms with E-state index in [1.807, 2.05) is 0 Å². The predicted molar refractivity (Wildman–Crippen MR) is 146 cm³/mol. The summed E-state index contributed by atoms with van der Waals surface area (Å²) < 4.78 is 11.5. The van der Waals surface area contributed by atoms with E-state index in [-0.39, 0.29) is 23.1 Å². The van der Waals surface area contributed by atoms with Crippen molar-refractivity contribution in [3.8, 4) is 0 Å². The van der Waals surface area contributed by atoms with E-state index in [2.05, 4.69) is 60.6 Å². The van der Waals surface area contributed by atoms with Crippen molar-refractivity contribution >= 4 is 5.97 Å². The van der Waals surface area contributed by atoms with Gasteiger partial charge >= 0.3 is 5.97 Å². The molecule has 5 aliphatic carbocycles. The molecule has 0 radical (unpaired) electrons. The molecule has 0 aromatic carbocycles. The molecule has 204 valence electrons. The second-order valence-electron chi connectivity index (χ2n) is 15.5. The fourth-order valence-electron chi connectivity index (χ4n) is 11.5. The second kappa shape index (κ2) is 8.33. The fourth-order valence-corrected chi connectivity index (χ4v) is 11.5. The number of fused-ring (bicyclic) bond motifs is 2. The van der Waals surface area contributed by atoms with Crippen LogP contribution in [0, 0.1) is 50.7 Å². The van der Waals surface area contributed by atoms with E-state index >= 15 is 0 Å². The smallest absolute Gasteiger partial charge is 0.302 e. The van der Waals surface area contributed by atoms with Crippen LogP contribution < -0.4 is 0 Å². The fraction of sp³-hybridized carbons (Fsp3) is 0.909. The Morgan fingerprint density at radius 2 is 1.61 bits per heavy atom. The largest absolute Gasteiger partial charge is 0.462 e. The third-order valence-corrected chi connectivity index (χ3v) is 13.7. The number of hydrogen-bond donors (Lipinski definition) is 0. The van der Waals surface area contributed by atoms with Crippen molar-refractivity contribution in [2.45, 2.75) is 131 Å². The summed E-state index contributed by atoms with van der Waals surface area (Å²) in [6.45, 7) is 18.6. The van der Waals surface area contributed by atoms with Crippen LogP contribution >= 0.6 is 0 Å². The Bertz CT molecular complexity index is 918. The first-order valence-corrected chi connectivity index (χ1v) is 15.1. The summed E-state index contributed by atoms with van der Waals surface area (Å²) in [7, 11) is 1.80. The lowest BCUT2D eigenvalue weighted by molar-refractivity contribution is -0.181. The lowest BCUT2D eigenvalue weighted by Crippen LogP contribution is -2.58. The second-order valence-corrected chi connectivity index (χ2v) is 15.5. The zero-order valence-electron chi connectivity index (χ0n) is 24.8. The molecule has 0 aromatic heterocycles. The van der Waals surface area contributed by atoms with E-state index < -0.39 is 0 Å². The summed E-state index contributed by atoms with van der Waals surface area (Å²) in [6, 6.07) is 0. The number of hydrogen-bond acceptors (Lipinski definition) is 3. The Kier molecular flexibility index (Phi) is 6.19. The molecule has 0 unspecified atom stereocenters.